The zero-order chi connectivity index (χ0) is 21.8. The van der Waals surface area contributed by atoms with Crippen LogP contribution < -0.4 is 10.6 Å². The van der Waals surface area contributed by atoms with Crippen molar-refractivity contribution < 1.29 is 23.9 Å². The normalized spacial score (nSPS) is 11.7. The van der Waals surface area contributed by atoms with Crippen LogP contribution in [0.1, 0.15) is 26.5 Å². The van der Waals surface area contributed by atoms with Gasteiger partial charge in [0.1, 0.15) is 6.04 Å². The number of carboxylic acids is 1. The molecule has 8 nitrogen and oxygen atoms in total. The minimum atomic E-state index is -1.12. The third-order valence-corrected chi connectivity index (χ3v) is 4.85. The lowest BCUT2D eigenvalue weighted by atomic mass is 10.0. The molecule has 0 radical (unpaired) electrons. The maximum absolute atomic E-state index is 12.6. The monoisotopic (exact) mass is 417 g/mol. The van der Waals surface area contributed by atoms with Gasteiger partial charge in [0.05, 0.1) is 6.26 Å². The van der Waals surface area contributed by atoms with E-state index in [0.717, 1.165) is 16.5 Å². The van der Waals surface area contributed by atoms with Crippen LogP contribution in [0.3, 0.4) is 0 Å². The van der Waals surface area contributed by atoms with Gasteiger partial charge in [-0.1, -0.05) is 18.2 Å². The number of carbonyl (C=O) groups excluding carboxylic acids is 2. The van der Waals surface area contributed by atoms with Crippen LogP contribution in [0.5, 0.6) is 0 Å². The number of furan rings is 1. The molecule has 0 saturated carbocycles. The summed E-state index contributed by atoms with van der Waals surface area (Å²) in [6.45, 7) is 0. The molecule has 0 spiro atoms. The lowest BCUT2D eigenvalue weighted by Gasteiger charge is -2.14. The molecule has 4 rings (SSSR count). The number of hydrogen-bond acceptors (Lipinski definition) is 4. The molecule has 0 fully saturated rings. The zero-order valence-electron chi connectivity index (χ0n) is 16.3. The standard InChI is InChI=1S/C23H19N3O5/c27-21(14-7-9-16(10-8-14)25-22(28)20-6-3-11-31-20)26-19(23(29)30)12-15-13-24-18-5-2-1-4-17(15)18/h1-11,13,19,24H,12H2,(H,25,28)(H,26,27)(H,29,30)/t19-/m0/s1. The Kier molecular flexibility index (Phi) is 5.53. The van der Waals surface area contributed by atoms with E-state index in [4.69, 9.17) is 4.42 Å². The summed E-state index contributed by atoms with van der Waals surface area (Å²) in [6.07, 6.45) is 3.29. The highest BCUT2D eigenvalue weighted by atomic mass is 16.4. The van der Waals surface area contributed by atoms with Gasteiger partial charge in [-0.25, -0.2) is 4.79 Å². The molecule has 2 amide bonds. The molecule has 4 aromatic rings. The molecule has 2 heterocycles. The summed E-state index contributed by atoms with van der Waals surface area (Å²) in [5.74, 6) is -1.88. The van der Waals surface area contributed by atoms with Gasteiger partial charge >= 0.3 is 5.97 Å². The fourth-order valence-corrected chi connectivity index (χ4v) is 3.27. The topological polar surface area (TPSA) is 124 Å². The number of carboxylic acid groups (broad SMARTS) is 1. The van der Waals surface area contributed by atoms with E-state index in [1.54, 1.807) is 24.4 Å². The van der Waals surface area contributed by atoms with E-state index in [1.165, 1.54) is 24.5 Å². The number of aromatic amines is 1. The van der Waals surface area contributed by atoms with Gasteiger partial charge in [-0.3, -0.25) is 9.59 Å². The van der Waals surface area contributed by atoms with Gasteiger partial charge in [0.25, 0.3) is 11.8 Å². The Morgan fingerprint density at radius 1 is 0.968 bits per heavy atom. The van der Waals surface area contributed by atoms with Crippen LogP contribution in [0.25, 0.3) is 10.9 Å². The first-order valence-electron chi connectivity index (χ1n) is 9.55. The van der Waals surface area contributed by atoms with E-state index in [9.17, 15) is 19.5 Å². The summed E-state index contributed by atoms with van der Waals surface area (Å²) in [6, 6.07) is 15.8. The lowest BCUT2D eigenvalue weighted by Crippen LogP contribution is -2.42. The summed E-state index contributed by atoms with van der Waals surface area (Å²) in [4.78, 5) is 39.4. The Balaban J connectivity index is 1.43. The van der Waals surface area contributed by atoms with Gasteiger partial charge < -0.3 is 25.1 Å². The van der Waals surface area contributed by atoms with Crippen molar-refractivity contribution in [3.05, 3.63) is 90.0 Å². The van der Waals surface area contributed by atoms with E-state index in [1.807, 2.05) is 24.3 Å². The van der Waals surface area contributed by atoms with E-state index >= 15 is 0 Å². The Morgan fingerprint density at radius 3 is 2.45 bits per heavy atom. The average molecular weight is 417 g/mol. The number of aliphatic carboxylic acids is 1. The number of hydrogen-bond donors (Lipinski definition) is 4. The van der Waals surface area contributed by atoms with Crippen molar-refractivity contribution in [2.45, 2.75) is 12.5 Å². The molecule has 0 aliphatic heterocycles. The Labute approximate surface area is 176 Å². The first kappa shape index (κ1) is 20.0. The Morgan fingerprint density at radius 2 is 1.74 bits per heavy atom. The first-order valence-corrected chi connectivity index (χ1v) is 9.55. The van der Waals surface area contributed by atoms with E-state index in [2.05, 4.69) is 15.6 Å². The zero-order valence-corrected chi connectivity index (χ0v) is 16.3. The molecule has 0 unspecified atom stereocenters. The third-order valence-electron chi connectivity index (χ3n) is 4.85. The number of fused-ring (bicyclic) bond motifs is 1. The molecule has 31 heavy (non-hydrogen) atoms. The number of rotatable bonds is 7. The van der Waals surface area contributed by atoms with Crippen LogP contribution >= 0.6 is 0 Å². The van der Waals surface area contributed by atoms with Gasteiger partial charge in [-0.15, -0.1) is 0 Å². The van der Waals surface area contributed by atoms with Crippen LogP contribution in [0.2, 0.25) is 0 Å². The van der Waals surface area contributed by atoms with Crippen LogP contribution in [0.4, 0.5) is 5.69 Å². The second kappa shape index (κ2) is 8.58. The number of nitrogens with one attached hydrogen (secondary N) is 3. The average Bonchev–Trinajstić information content (AvgIpc) is 3.44. The van der Waals surface area contributed by atoms with Crippen molar-refractivity contribution in [1.29, 1.82) is 0 Å². The summed E-state index contributed by atoms with van der Waals surface area (Å²) in [5, 5.41) is 15.7. The molecule has 156 valence electrons. The maximum atomic E-state index is 12.6. The predicted octanol–water partition coefficient (Wildman–Crippen LogP) is 3.44. The fourth-order valence-electron chi connectivity index (χ4n) is 3.27. The highest BCUT2D eigenvalue weighted by molar-refractivity contribution is 6.03. The molecule has 2 aromatic carbocycles. The van der Waals surface area contributed by atoms with Crippen molar-refractivity contribution >= 4 is 34.4 Å². The summed E-state index contributed by atoms with van der Waals surface area (Å²) < 4.78 is 5.03. The second-order valence-electron chi connectivity index (χ2n) is 6.94. The van der Waals surface area contributed by atoms with Crippen LogP contribution in [-0.2, 0) is 11.2 Å². The Hall–Kier alpha value is -4.33. The largest absolute Gasteiger partial charge is 0.480 e. The summed E-state index contributed by atoms with van der Waals surface area (Å²) in [7, 11) is 0. The first-order chi connectivity index (χ1) is 15.0. The number of amides is 2. The minimum Gasteiger partial charge on any atom is -0.480 e. The molecule has 0 aliphatic carbocycles. The smallest absolute Gasteiger partial charge is 0.326 e. The van der Waals surface area contributed by atoms with Crippen LogP contribution in [0, 0.1) is 0 Å². The molecular formula is C23H19N3O5. The van der Waals surface area contributed by atoms with Gasteiger partial charge in [0.2, 0.25) is 0 Å². The molecule has 1 atom stereocenters. The maximum Gasteiger partial charge on any atom is 0.326 e. The van der Waals surface area contributed by atoms with E-state index < -0.39 is 23.8 Å². The second-order valence-corrected chi connectivity index (χ2v) is 6.94. The van der Waals surface area contributed by atoms with Gasteiger partial charge in [0, 0.05) is 34.8 Å². The molecular weight excluding hydrogens is 398 g/mol. The van der Waals surface area contributed by atoms with E-state index in [0.29, 0.717) is 5.69 Å². The minimum absolute atomic E-state index is 0.141. The quantitative estimate of drug-likeness (QED) is 0.367. The predicted molar refractivity (Wildman–Crippen MR) is 114 cm³/mol. The van der Waals surface area contributed by atoms with Gasteiger partial charge in [-0.05, 0) is 48.0 Å². The summed E-state index contributed by atoms with van der Waals surface area (Å²) in [5.41, 5.74) is 2.46. The van der Waals surface area contributed by atoms with Crippen molar-refractivity contribution in [3.8, 4) is 0 Å². The fraction of sp³-hybridized carbons (Fsp3) is 0.0870. The molecule has 0 saturated heterocycles. The number of anilines is 1. The number of H-pyrrole nitrogens is 1. The number of para-hydroxylation sites is 1. The molecule has 2 aromatic heterocycles. The SMILES string of the molecule is O=C(N[C@@H](Cc1c[nH]c2ccccc12)C(=O)O)c1ccc(NC(=O)c2ccco2)cc1. The Bertz CT molecular complexity index is 1230. The van der Waals surface area contributed by atoms with Crippen LogP contribution in [0.15, 0.2) is 77.5 Å². The third kappa shape index (κ3) is 4.48. The van der Waals surface area contributed by atoms with Crippen LogP contribution in [-0.4, -0.2) is 33.9 Å². The van der Waals surface area contributed by atoms with Gasteiger partial charge in [0.15, 0.2) is 5.76 Å². The van der Waals surface area contributed by atoms with Crippen molar-refractivity contribution in [3.63, 3.8) is 0 Å². The lowest BCUT2D eigenvalue weighted by molar-refractivity contribution is -0.139. The van der Waals surface area contributed by atoms with E-state index in [-0.39, 0.29) is 17.7 Å². The molecule has 0 bridgehead atoms. The molecule has 4 N–H and O–H groups in total. The molecule has 0 aliphatic rings. The number of carbonyl (C=O) groups is 3. The number of aromatic nitrogens is 1. The van der Waals surface area contributed by atoms with Crippen molar-refractivity contribution in [2.24, 2.45) is 0 Å². The summed E-state index contributed by atoms with van der Waals surface area (Å²) >= 11 is 0. The highest BCUT2D eigenvalue weighted by Crippen LogP contribution is 2.19. The van der Waals surface area contributed by atoms with Crippen molar-refractivity contribution in [1.82, 2.24) is 10.3 Å². The molecule has 8 heteroatoms. The highest BCUT2D eigenvalue weighted by Gasteiger charge is 2.22. The number of benzene rings is 2. The van der Waals surface area contributed by atoms with Gasteiger partial charge in [-0.2, -0.15) is 0 Å². The van der Waals surface area contributed by atoms with Crippen molar-refractivity contribution in [2.75, 3.05) is 5.32 Å².